The maximum atomic E-state index is 5.33. The zero-order valence-corrected chi connectivity index (χ0v) is 12.0. The maximum absolute atomic E-state index is 5.33. The van der Waals surface area contributed by atoms with E-state index in [2.05, 4.69) is 34.3 Å². The number of anilines is 1. The Morgan fingerprint density at radius 1 is 1.33 bits per heavy atom. The van der Waals surface area contributed by atoms with Crippen LogP contribution in [0.4, 0.5) is 5.13 Å². The van der Waals surface area contributed by atoms with Gasteiger partial charge in [-0.1, -0.05) is 25.2 Å². The second kappa shape index (κ2) is 7.01. The Morgan fingerprint density at radius 3 is 2.78 bits per heavy atom. The third kappa shape index (κ3) is 4.19. The Kier molecular flexibility index (Phi) is 5.34. The van der Waals surface area contributed by atoms with Crippen molar-refractivity contribution >= 4 is 16.5 Å². The first-order chi connectivity index (χ1) is 8.75. The van der Waals surface area contributed by atoms with Gasteiger partial charge in [0.15, 0.2) is 0 Å². The highest BCUT2D eigenvalue weighted by atomic mass is 32.1. The molecule has 0 unspecified atom stereocenters. The van der Waals surface area contributed by atoms with Crippen LogP contribution in [0, 0.1) is 0 Å². The molecule has 1 N–H and O–H groups in total. The SMILES string of the molecule is CC(C)c1nnc(NCCCN2CCOCC2)s1. The van der Waals surface area contributed by atoms with E-state index in [1.807, 2.05) is 0 Å². The van der Waals surface area contributed by atoms with Crippen molar-refractivity contribution < 1.29 is 4.74 Å². The quantitative estimate of drug-likeness (QED) is 0.799. The van der Waals surface area contributed by atoms with Crippen LogP contribution < -0.4 is 5.32 Å². The molecule has 1 aromatic heterocycles. The van der Waals surface area contributed by atoms with Crippen LogP contribution in [0.25, 0.3) is 0 Å². The Balaban J connectivity index is 1.62. The molecular weight excluding hydrogens is 248 g/mol. The smallest absolute Gasteiger partial charge is 0.205 e. The molecule has 1 fully saturated rings. The van der Waals surface area contributed by atoms with Crippen molar-refractivity contribution in [3.8, 4) is 0 Å². The average Bonchev–Trinajstić information content (AvgIpc) is 2.85. The van der Waals surface area contributed by atoms with Crippen LogP contribution >= 0.6 is 11.3 Å². The van der Waals surface area contributed by atoms with Crippen LogP contribution in [0.1, 0.15) is 31.2 Å². The minimum Gasteiger partial charge on any atom is -0.379 e. The highest BCUT2D eigenvalue weighted by Gasteiger charge is 2.10. The normalized spacial score (nSPS) is 17.3. The summed E-state index contributed by atoms with van der Waals surface area (Å²) < 4.78 is 5.33. The van der Waals surface area contributed by atoms with Gasteiger partial charge in [-0.15, -0.1) is 10.2 Å². The fraction of sp³-hybridized carbons (Fsp3) is 0.833. The molecule has 0 bridgehead atoms. The lowest BCUT2D eigenvalue weighted by molar-refractivity contribution is 0.0378. The molecule has 1 aliphatic heterocycles. The highest BCUT2D eigenvalue weighted by molar-refractivity contribution is 7.15. The molecule has 1 saturated heterocycles. The summed E-state index contributed by atoms with van der Waals surface area (Å²) in [6.07, 6.45) is 1.14. The zero-order chi connectivity index (χ0) is 12.8. The number of nitrogens with zero attached hydrogens (tertiary/aromatic N) is 3. The van der Waals surface area contributed by atoms with E-state index in [4.69, 9.17) is 4.74 Å². The lowest BCUT2D eigenvalue weighted by Crippen LogP contribution is -2.37. The van der Waals surface area contributed by atoms with Gasteiger partial charge in [-0.3, -0.25) is 4.90 Å². The second-order valence-corrected chi connectivity index (χ2v) is 5.84. The molecule has 1 aliphatic rings. The minimum absolute atomic E-state index is 0.464. The van der Waals surface area contributed by atoms with Crippen molar-refractivity contribution in [2.45, 2.75) is 26.2 Å². The van der Waals surface area contributed by atoms with E-state index in [-0.39, 0.29) is 0 Å². The Bertz CT molecular complexity index is 350. The van der Waals surface area contributed by atoms with E-state index < -0.39 is 0 Å². The van der Waals surface area contributed by atoms with Crippen molar-refractivity contribution in [3.05, 3.63) is 5.01 Å². The second-order valence-electron chi connectivity index (χ2n) is 4.83. The van der Waals surface area contributed by atoms with E-state index in [9.17, 15) is 0 Å². The third-order valence-electron chi connectivity index (χ3n) is 2.97. The first-order valence-electron chi connectivity index (χ1n) is 6.63. The molecule has 2 heterocycles. The molecule has 0 aromatic carbocycles. The van der Waals surface area contributed by atoms with E-state index in [0.29, 0.717) is 5.92 Å². The monoisotopic (exact) mass is 270 g/mol. The molecule has 0 spiro atoms. The molecule has 0 saturated carbocycles. The van der Waals surface area contributed by atoms with Crippen LogP contribution in [0.2, 0.25) is 0 Å². The standard InChI is InChI=1S/C12H22N4OS/c1-10(2)11-14-15-12(18-11)13-4-3-5-16-6-8-17-9-7-16/h10H,3-9H2,1-2H3,(H,13,15). The summed E-state index contributed by atoms with van der Waals surface area (Å²) in [7, 11) is 0. The van der Waals surface area contributed by atoms with Gasteiger partial charge >= 0.3 is 0 Å². The van der Waals surface area contributed by atoms with Gasteiger partial charge in [0, 0.05) is 25.6 Å². The molecule has 6 heteroatoms. The van der Waals surface area contributed by atoms with Gasteiger partial charge < -0.3 is 10.1 Å². The molecule has 5 nitrogen and oxygen atoms in total. The van der Waals surface area contributed by atoms with Crippen molar-refractivity contribution in [3.63, 3.8) is 0 Å². The van der Waals surface area contributed by atoms with Crippen molar-refractivity contribution in [2.75, 3.05) is 44.7 Å². The molecule has 18 heavy (non-hydrogen) atoms. The number of nitrogens with one attached hydrogen (secondary N) is 1. The fourth-order valence-electron chi connectivity index (χ4n) is 1.86. The summed E-state index contributed by atoms with van der Waals surface area (Å²) in [5.41, 5.74) is 0. The van der Waals surface area contributed by atoms with Crippen LogP contribution in [0.3, 0.4) is 0 Å². The number of aromatic nitrogens is 2. The average molecular weight is 270 g/mol. The third-order valence-corrected chi connectivity index (χ3v) is 4.15. The van der Waals surface area contributed by atoms with Crippen LogP contribution in [0.15, 0.2) is 0 Å². The summed E-state index contributed by atoms with van der Waals surface area (Å²) in [6, 6.07) is 0. The Labute approximate surface area is 113 Å². The number of morpholine rings is 1. The fourth-order valence-corrected chi connectivity index (χ4v) is 2.63. The molecule has 1 aromatic rings. The number of rotatable bonds is 6. The molecule has 2 rings (SSSR count). The highest BCUT2D eigenvalue weighted by Crippen LogP contribution is 2.22. The van der Waals surface area contributed by atoms with Gasteiger partial charge in [0.2, 0.25) is 5.13 Å². The van der Waals surface area contributed by atoms with E-state index in [1.165, 1.54) is 0 Å². The van der Waals surface area contributed by atoms with Gasteiger partial charge in [-0.2, -0.15) is 0 Å². The molecule has 0 atom stereocenters. The summed E-state index contributed by atoms with van der Waals surface area (Å²) >= 11 is 1.66. The van der Waals surface area contributed by atoms with E-state index in [0.717, 1.165) is 56.0 Å². The summed E-state index contributed by atoms with van der Waals surface area (Å²) in [4.78, 5) is 2.45. The molecule has 0 radical (unpaired) electrons. The van der Waals surface area contributed by atoms with Crippen LogP contribution in [-0.2, 0) is 4.74 Å². The minimum atomic E-state index is 0.464. The lowest BCUT2D eigenvalue weighted by atomic mass is 10.2. The summed E-state index contributed by atoms with van der Waals surface area (Å²) in [6.45, 7) is 10.3. The van der Waals surface area contributed by atoms with E-state index in [1.54, 1.807) is 11.3 Å². The maximum Gasteiger partial charge on any atom is 0.205 e. The molecule has 0 aliphatic carbocycles. The van der Waals surface area contributed by atoms with Gasteiger partial charge in [0.1, 0.15) is 5.01 Å². The molecular formula is C12H22N4OS. The number of hydrogen-bond acceptors (Lipinski definition) is 6. The van der Waals surface area contributed by atoms with Crippen molar-refractivity contribution in [2.24, 2.45) is 0 Å². The van der Waals surface area contributed by atoms with Gasteiger partial charge in [-0.25, -0.2) is 0 Å². The van der Waals surface area contributed by atoms with Crippen LogP contribution in [-0.4, -0.2) is 54.5 Å². The van der Waals surface area contributed by atoms with E-state index >= 15 is 0 Å². The van der Waals surface area contributed by atoms with Crippen molar-refractivity contribution in [1.82, 2.24) is 15.1 Å². The summed E-state index contributed by atoms with van der Waals surface area (Å²) in [5.74, 6) is 0.464. The Morgan fingerprint density at radius 2 is 2.11 bits per heavy atom. The first kappa shape index (κ1) is 13.7. The predicted molar refractivity (Wildman–Crippen MR) is 74.4 cm³/mol. The predicted octanol–water partition coefficient (Wildman–Crippen LogP) is 1.80. The zero-order valence-electron chi connectivity index (χ0n) is 11.2. The molecule has 0 amide bonds. The lowest BCUT2D eigenvalue weighted by Gasteiger charge is -2.26. The van der Waals surface area contributed by atoms with Gasteiger partial charge in [-0.05, 0) is 13.0 Å². The number of hydrogen-bond donors (Lipinski definition) is 1. The summed E-state index contributed by atoms with van der Waals surface area (Å²) in [5, 5.41) is 13.7. The van der Waals surface area contributed by atoms with Gasteiger partial charge in [0.25, 0.3) is 0 Å². The van der Waals surface area contributed by atoms with Crippen LogP contribution in [0.5, 0.6) is 0 Å². The first-order valence-corrected chi connectivity index (χ1v) is 7.44. The number of ether oxygens (including phenoxy) is 1. The largest absolute Gasteiger partial charge is 0.379 e. The van der Waals surface area contributed by atoms with Crippen molar-refractivity contribution in [1.29, 1.82) is 0 Å². The van der Waals surface area contributed by atoms with Gasteiger partial charge in [0.05, 0.1) is 13.2 Å². The molecule has 102 valence electrons. The Hall–Kier alpha value is -0.720. The topological polar surface area (TPSA) is 50.3 Å².